The van der Waals surface area contributed by atoms with E-state index in [2.05, 4.69) is 9.97 Å². The van der Waals surface area contributed by atoms with Crippen LogP contribution in [0.4, 0.5) is 4.39 Å². The Morgan fingerprint density at radius 2 is 1.97 bits per heavy atom. The number of aliphatic hydroxyl groups is 1. The highest BCUT2D eigenvalue weighted by atomic mass is 19.1. The van der Waals surface area contributed by atoms with E-state index in [-0.39, 0.29) is 30.2 Å². The molecule has 0 radical (unpaired) electrons. The summed E-state index contributed by atoms with van der Waals surface area (Å²) >= 11 is 0. The van der Waals surface area contributed by atoms with E-state index in [1.165, 1.54) is 6.07 Å². The second kappa shape index (κ2) is 9.74. The van der Waals surface area contributed by atoms with E-state index >= 15 is 0 Å². The first-order valence-electron chi connectivity index (χ1n) is 12.6. The Morgan fingerprint density at radius 3 is 2.70 bits per heavy atom. The van der Waals surface area contributed by atoms with Crippen LogP contribution in [-0.2, 0) is 17.8 Å². The van der Waals surface area contributed by atoms with E-state index in [0.29, 0.717) is 36.8 Å². The van der Waals surface area contributed by atoms with Crippen molar-refractivity contribution >= 4 is 5.97 Å². The number of carboxylic acids is 1. The molecule has 194 valence electrons. The van der Waals surface area contributed by atoms with Crippen LogP contribution in [0.25, 0.3) is 11.1 Å². The van der Waals surface area contributed by atoms with Gasteiger partial charge in [0.1, 0.15) is 12.4 Å². The summed E-state index contributed by atoms with van der Waals surface area (Å²) in [6, 6.07) is 10.4. The summed E-state index contributed by atoms with van der Waals surface area (Å²) in [6.07, 6.45) is 3.77. The molecular formula is C29H31FN2O5. The number of benzene rings is 1. The maximum atomic E-state index is 14.6. The summed E-state index contributed by atoms with van der Waals surface area (Å²) in [5.41, 5.74) is 4.19. The molecular weight excluding hydrogens is 475 g/mol. The molecule has 3 unspecified atom stereocenters. The van der Waals surface area contributed by atoms with Gasteiger partial charge in [-0.2, -0.15) is 0 Å². The topological polar surface area (TPSA) is 102 Å². The second-order valence-corrected chi connectivity index (χ2v) is 10.6. The fourth-order valence-corrected chi connectivity index (χ4v) is 5.29. The Kier molecular flexibility index (Phi) is 6.62. The predicted molar refractivity (Wildman–Crippen MR) is 135 cm³/mol. The lowest BCUT2D eigenvalue weighted by Crippen LogP contribution is -2.19. The van der Waals surface area contributed by atoms with Crippen molar-refractivity contribution < 1.29 is 28.9 Å². The molecule has 2 aliphatic carbocycles. The Balaban J connectivity index is 1.23. The highest BCUT2D eigenvalue weighted by Crippen LogP contribution is 2.61. The molecule has 1 saturated carbocycles. The van der Waals surface area contributed by atoms with Crippen molar-refractivity contribution in [3.05, 3.63) is 70.8 Å². The van der Waals surface area contributed by atoms with E-state index in [4.69, 9.17) is 9.47 Å². The van der Waals surface area contributed by atoms with Crippen molar-refractivity contribution in [2.45, 2.75) is 58.2 Å². The number of nitrogens with zero attached hydrogens (tertiary/aromatic N) is 2. The molecule has 0 bridgehead atoms. The van der Waals surface area contributed by atoms with Crippen LogP contribution in [0.15, 0.2) is 42.6 Å². The van der Waals surface area contributed by atoms with Gasteiger partial charge >= 0.3 is 5.97 Å². The van der Waals surface area contributed by atoms with Crippen molar-refractivity contribution in [3.63, 3.8) is 0 Å². The molecule has 8 heteroatoms. The molecule has 3 aromatic rings. The summed E-state index contributed by atoms with van der Waals surface area (Å²) in [6.45, 7) is 5.91. The van der Waals surface area contributed by atoms with E-state index in [1.54, 1.807) is 38.2 Å². The fourth-order valence-electron chi connectivity index (χ4n) is 5.29. The van der Waals surface area contributed by atoms with E-state index in [1.807, 2.05) is 19.1 Å². The summed E-state index contributed by atoms with van der Waals surface area (Å²) in [5, 5.41) is 19.1. The first-order chi connectivity index (χ1) is 17.6. The van der Waals surface area contributed by atoms with Gasteiger partial charge in [-0.25, -0.2) is 14.4 Å². The zero-order valence-corrected chi connectivity index (χ0v) is 21.2. The molecule has 1 aromatic carbocycles. The van der Waals surface area contributed by atoms with Gasteiger partial charge in [0.15, 0.2) is 0 Å². The maximum Gasteiger partial charge on any atom is 0.307 e. The van der Waals surface area contributed by atoms with Crippen LogP contribution < -0.4 is 9.47 Å². The third kappa shape index (κ3) is 5.44. The van der Waals surface area contributed by atoms with Crippen molar-refractivity contribution in [1.82, 2.24) is 9.97 Å². The normalized spacial score (nSPS) is 19.8. The Morgan fingerprint density at radius 1 is 1.16 bits per heavy atom. The lowest BCUT2D eigenvalue weighted by molar-refractivity contribution is -0.139. The minimum Gasteiger partial charge on any atom is -0.481 e. The molecule has 37 heavy (non-hydrogen) atoms. The molecule has 2 heterocycles. The molecule has 2 aliphatic rings. The number of halogens is 1. The second-order valence-electron chi connectivity index (χ2n) is 10.6. The van der Waals surface area contributed by atoms with Crippen LogP contribution in [0.5, 0.6) is 11.8 Å². The van der Waals surface area contributed by atoms with Gasteiger partial charge in [0.05, 0.1) is 18.1 Å². The fraction of sp³-hybridized carbons (Fsp3) is 0.414. The standard InChI is InChI=1S/C29H31FN2O5/c1-16-20(6-8-24(32-16)36-10-4-9-29(2,3)35)17-5-7-23(30)19(11-17)15-37-25-13-18-12-21-26(22(18)14-31-25)27(21)28(33)34/h5-8,11,13-14,21,26-27,35H,4,9-10,12,15H2,1-3H3,(H,33,34). The number of hydrogen-bond donors (Lipinski definition) is 2. The molecule has 1 fully saturated rings. The van der Waals surface area contributed by atoms with Crippen LogP contribution in [0.3, 0.4) is 0 Å². The van der Waals surface area contributed by atoms with Gasteiger partial charge in [-0.1, -0.05) is 6.07 Å². The van der Waals surface area contributed by atoms with Gasteiger partial charge in [-0.05, 0) is 80.8 Å². The number of aryl methyl sites for hydroxylation is 1. The van der Waals surface area contributed by atoms with E-state index in [0.717, 1.165) is 34.4 Å². The molecule has 0 aliphatic heterocycles. The third-order valence-corrected chi connectivity index (χ3v) is 7.24. The number of carboxylic acid groups (broad SMARTS) is 1. The van der Waals surface area contributed by atoms with Gasteiger partial charge in [0.25, 0.3) is 0 Å². The molecule has 5 rings (SSSR count). The number of ether oxygens (including phenoxy) is 2. The molecule has 7 nitrogen and oxygen atoms in total. The predicted octanol–water partition coefficient (Wildman–Crippen LogP) is 5.07. The third-order valence-electron chi connectivity index (χ3n) is 7.24. The van der Waals surface area contributed by atoms with Crippen LogP contribution in [0.1, 0.15) is 55.0 Å². The van der Waals surface area contributed by atoms with Crippen LogP contribution in [0, 0.1) is 24.6 Å². The number of hydrogen-bond acceptors (Lipinski definition) is 6. The van der Waals surface area contributed by atoms with Crippen molar-refractivity contribution in [2.24, 2.45) is 11.8 Å². The monoisotopic (exact) mass is 506 g/mol. The lowest BCUT2D eigenvalue weighted by Gasteiger charge is -2.16. The number of aliphatic carboxylic acids is 1. The number of pyridine rings is 2. The van der Waals surface area contributed by atoms with Crippen molar-refractivity contribution in [3.8, 4) is 22.9 Å². The average Bonchev–Trinajstić information content (AvgIpc) is 3.43. The smallest absolute Gasteiger partial charge is 0.307 e. The number of carbonyl (C=O) groups is 1. The lowest BCUT2D eigenvalue weighted by atomic mass is 10.0. The highest BCUT2D eigenvalue weighted by Gasteiger charge is 2.59. The highest BCUT2D eigenvalue weighted by molar-refractivity contribution is 5.77. The van der Waals surface area contributed by atoms with Crippen molar-refractivity contribution in [2.75, 3.05) is 6.61 Å². The van der Waals surface area contributed by atoms with Gasteiger partial charge in [-0.3, -0.25) is 4.79 Å². The first kappa shape index (κ1) is 25.1. The Hall–Kier alpha value is -3.52. The van der Waals surface area contributed by atoms with Crippen LogP contribution in [-0.4, -0.2) is 38.4 Å². The molecule has 0 saturated heterocycles. The first-order valence-corrected chi connectivity index (χ1v) is 12.6. The van der Waals surface area contributed by atoms with Crippen LogP contribution in [0.2, 0.25) is 0 Å². The summed E-state index contributed by atoms with van der Waals surface area (Å²) < 4.78 is 26.1. The molecule has 0 amide bonds. The van der Waals surface area contributed by atoms with Gasteiger partial charge < -0.3 is 19.7 Å². The van der Waals surface area contributed by atoms with Gasteiger partial charge in [-0.15, -0.1) is 0 Å². The summed E-state index contributed by atoms with van der Waals surface area (Å²) in [7, 11) is 0. The zero-order chi connectivity index (χ0) is 26.3. The SMILES string of the molecule is Cc1nc(OCCCC(C)(C)O)ccc1-c1ccc(F)c(COc2cc3c(cn2)C2C(C3)C2C(=O)O)c1. The Labute approximate surface area is 215 Å². The average molecular weight is 507 g/mol. The molecule has 0 spiro atoms. The number of rotatable bonds is 10. The zero-order valence-electron chi connectivity index (χ0n) is 21.2. The largest absolute Gasteiger partial charge is 0.481 e. The summed E-state index contributed by atoms with van der Waals surface area (Å²) in [4.78, 5) is 20.2. The van der Waals surface area contributed by atoms with Gasteiger partial charge in [0.2, 0.25) is 11.8 Å². The molecule has 2 aromatic heterocycles. The van der Waals surface area contributed by atoms with E-state index < -0.39 is 11.6 Å². The van der Waals surface area contributed by atoms with E-state index in [9.17, 15) is 19.4 Å². The number of fused-ring (bicyclic) bond motifs is 3. The quantitative estimate of drug-likeness (QED) is 0.370. The molecule has 2 N–H and O–H groups in total. The molecule has 3 atom stereocenters. The minimum atomic E-state index is -0.744. The van der Waals surface area contributed by atoms with Crippen molar-refractivity contribution in [1.29, 1.82) is 0 Å². The maximum absolute atomic E-state index is 14.6. The van der Waals surface area contributed by atoms with Crippen LogP contribution >= 0.6 is 0 Å². The Bertz CT molecular complexity index is 1340. The summed E-state index contributed by atoms with van der Waals surface area (Å²) in [5.74, 6) is -0.281. The number of aromatic nitrogens is 2. The minimum absolute atomic E-state index is 0.0188. The van der Waals surface area contributed by atoms with Gasteiger partial charge in [0, 0.05) is 41.1 Å².